The third-order valence-corrected chi connectivity index (χ3v) is 3.18. The highest BCUT2D eigenvalue weighted by molar-refractivity contribution is 6.29. The number of hydrogen-bond donors (Lipinski definition) is 0. The predicted octanol–water partition coefficient (Wildman–Crippen LogP) is 2.47. The van der Waals surface area contributed by atoms with E-state index in [0.29, 0.717) is 5.57 Å². The van der Waals surface area contributed by atoms with E-state index in [4.69, 9.17) is 0 Å². The van der Waals surface area contributed by atoms with E-state index in [1.165, 1.54) is 10.6 Å². The Kier molecular flexibility index (Phi) is 3.42. The summed E-state index contributed by atoms with van der Waals surface area (Å²) >= 11 is 0. The van der Waals surface area contributed by atoms with Crippen molar-refractivity contribution in [2.75, 3.05) is 19.1 Å². The molecule has 0 atom stereocenters. The van der Waals surface area contributed by atoms with Crippen molar-refractivity contribution in [2.24, 2.45) is 5.10 Å². The molecule has 0 aliphatic carbocycles. The van der Waals surface area contributed by atoms with Crippen LogP contribution in [0.3, 0.4) is 0 Å². The van der Waals surface area contributed by atoms with Crippen LogP contribution in [0.1, 0.15) is 18.1 Å². The molecule has 0 fully saturated rings. The van der Waals surface area contributed by atoms with Crippen molar-refractivity contribution in [3.05, 3.63) is 41.1 Å². The van der Waals surface area contributed by atoms with Crippen LogP contribution in [0.5, 0.6) is 0 Å². The van der Waals surface area contributed by atoms with Crippen LogP contribution < -0.4 is 5.01 Å². The van der Waals surface area contributed by atoms with Gasteiger partial charge in [0.15, 0.2) is 0 Å². The summed E-state index contributed by atoms with van der Waals surface area (Å²) in [5.74, 6) is -0.0746. The molecule has 1 aromatic rings. The number of carbonyl (C=O) groups excluding carboxylic acids is 1. The maximum Gasteiger partial charge on any atom is 0.282 e. The summed E-state index contributed by atoms with van der Waals surface area (Å²) in [5.41, 5.74) is 4.57. The SMILES string of the molecule is CC1=NN(c2ccc(C)c(C)c2)C(=O)/C1=C\N(C)C. The summed E-state index contributed by atoms with van der Waals surface area (Å²) in [5, 5.41) is 5.82. The van der Waals surface area contributed by atoms with Crippen molar-refractivity contribution in [3.63, 3.8) is 0 Å². The first-order chi connectivity index (χ1) is 8.90. The highest BCUT2D eigenvalue weighted by atomic mass is 16.2. The van der Waals surface area contributed by atoms with Crippen LogP contribution in [-0.4, -0.2) is 30.6 Å². The lowest BCUT2D eigenvalue weighted by molar-refractivity contribution is -0.114. The van der Waals surface area contributed by atoms with E-state index >= 15 is 0 Å². The van der Waals surface area contributed by atoms with E-state index < -0.39 is 0 Å². The fourth-order valence-corrected chi connectivity index (χ4v) is 1.96. The average Bonchev–Trinajstić information content (AvgIpc) is 2.60. The van der Waals surface area contributed by atoms with Crippen LogP contribution in [0, 0.1) is 13.8 Å². The normalized spacial score (nSPS) is 17.1. The molecule has 1 aliphatic rings. The van der Waals surface area contributed by atoms with Gasteiger partial charge in [0.1, 0.15) is 0 Å². The van der Waals surface area contributed by atoms with Gasteiger partial charge in [-0.15, -0.1) is 0 Å². The largest absolute Gasteiger partial charge is 0.383 e. The zero-order chi connectivity index (χ0) is 14.2. The molecule has 1 aliphatic heterocycles. The lowest BCUT2D eigenvalue weighted by Gasteiger charge is -2.14. The highest BCUT2D eigenvalue weighted by Crippen LogP contribution is 2.25. The first-order valence-corrected chi connectivity index (χ1v) is 6.25. The molecule has 0 aromatic heterocycles. The predicted molar refractivity (Wildman–Crippen MR) is 78.3 cm³/mol. The Labute approximate surface area is 114 Å². The van der Waals surface area contributed by atoms with Gasteiger partial charge in [0, 0.05) is 20.3 Å². The minimum absolute atomic E-state index is 0.0746. The smallest absolute Gasteiger partial charge is 0.282 e. The number of anilines is 1. The van der Waals surface area contributed by atoms with E-state index in [2.05, 4.69) is 12.0 Å². The molecule has 4 heteroatoms. The summed E-state index contributed by atoms with van der Waals surface area (Å²) < 4.78 is 0. The number of aryl methyl sites for hydroxylation is 2. The van der Waals surface area contributed by atoms with Gasteiger partial charge in [-0.25, -0.2) is 0 Å². The molecule has 0 radical (unpaired) electrons. The molecular weight excluding hydrogens is 238 g/mol. The van der Waals surface area contributed by atoms with Gasteiger partial charge in [0.2, 0.25) is 0 Å². The van der Waals surface area contributed by atoms with Crippen LogP contribution in [0.15, 0.2) is 35.1 Å². The zero-order valence-corrected chi connectivity index (χ0v) is 12.1. The van der Waals surface area contributed by atoms with E-state index in [9.17, 15) is 4.79 Å². The molecular formula is C15H19N3O. The second kappa shape index (κ2) is 4.88. The minimum Gasteiger partial charge on any atom is -0.383 e. The first kappa shape index (κ1) is 13.3. The number of benzene rings is 1. The van der Waals surface area contributed by atoms with Gasteiger partial charge in [0.25, 0.3) is 5.91 Å². The average molecular weight is 257 g/mol. The van der Waals surface area contributed by atoms with E-state index in [1.54, 1.807) is 0 Å². The van der Waals surface area contributed by atoms with Crippen molar-refractivity contribution in [3.8, 4) is 0 Å². The van der Waals surface area contributed by atoms with Crippen molar-refractivity contribution in [1.29, 1.82) is 0 Å². The minimum atomic E-state index is -0.0746. The molecule has 0 saturated heterocycles. The fourth-order valence-electron chi connectivity index (χ4n) is 1.96. The summed E-state index contributed by atoms with van der Waals surface area (Å²) in [6, 6.07) is 5.93. The Balaban J connectivity index is 2.38. The lowest BCUT2D eigenvalue weighted by Crippen LogP contribution is -2.22. The number of amides is 1. The van der Waals surface area contributed by atoms with E-state index in [0.717, 1.165) is 17.0 Å². The van der Waals surface area contributed by atoms with Gasteiger partial charge in [-0.1, -0.05) is 6.07 Å². The third kappa shape index (κ3) is 2.52. The van der Waals surface area contributed by atoms with Crippen molar-refractivity contribution in [1.82, 2.24) is 4.90 Å². The molecule has 1 aromatic carbocycles. The molecule has 2 rings (SSSR count). The number of hydrogen-bond acceptors (Lipinski definition) is 3. The van der Waals surface area contributed by atoms with Crippen LogP contribution in [-0.2, 0) is 4.79 Å². The molecule has 0 saturated carbocycles. The summed E-state index contributed by atoms with van der Waals surface area (Å²) in [7, 11) is 3.79. The maximum absolute atomic E-state index is 12.4. The molecule has 100 valence electrons. The molecule has 0 bridgehead atoms. The summed E-state index contributed by atoms with van der Waals surface area (Å²) in [6.45, 7) is 5.94. The number of rotatable bonds is 2. The third-order valence-electron chi connectivity index (χ3n) is 3.18. The second-order valence-electron chi connectivity index (χ2n) is 5.08. The van der Waals surface area contributed by atoms with Crippen molar-refractivity contribution in [2.45, 2.75) is 20.8 Å². The quantitative estimate of drug-likeness (QED) is 0.763. The lowest BCUT2D eigenvalue weighted by atomic mass is 10.1. The Hall–Kier alpha value is -2.10. The van der Waals surface area contributed by atoms with Gasteiger partial charge >= 0.3 is 0 Å². The molecule has 1 amide bonds. The van der Waals surface area contributed by atoms with Gasteiger partial charge < -0.3 is 4.90 Å². The monoisotopic (exact) mass is 257 g/mol. The summed E-state index contributed by atoms with van der Waals surface area (Å²) in [6.07, 6.45) is 1.81. The Morgan fingerprint density at radius 1 is 1.16 bits per heavy atom. The van der Waals surface area contributed by atoms with Gasteiger partial charge in [-0.3, -0.25) is 4.79 Å². The molecule has 0 unspecified atom stereocenters. The van der Waals surface area contributed by atoms with E-state index in [1.807, 2.05) is 57.2 Å². The zero-order valence-electron chi connectivity index (χ0n) is 12.1. The summed E-state index contributed by atoms with van der Waals surface area (Å²) in [4.78, 5) is 14.2. The standard InChI is InChI=1S/C15H19N3O/c1-10-6-7-13(8-11(10)2)18-15(19)14(9-17(4)5)12(3)16-18/h6-9H,1-5H3/b14-9-. The number of hydrazone groups is 1. The fraction of sp³-hybridized carbons (Fsp3) is 0.333. The van der Waals surface area contributed by atoms with Crippen LogP contribution in [0.25, 0.3) is 0 Å². The van der Waals surface area contributed by atoms with Crippen LogP contribution >= 0.6 is 0 Å². The van der Waals surface area contributed by atoms with Gasteiger partial charge in [-0.05, 0) is 44.0 Å². The van der Waals surface area contributed by atoms with E-state index in [-0.39, 0.29) is 5.91 Å². The Morgan fingerprint density at radius 3 is 2.42 bits per heavy atom. The highest BCUT2D eigenvalue weighted by Gasteiger charge is 2.28. The Morgan fingerprint density at radius 2 is 1.84 bits per heavy atom. The topological polar surface area (TPSA) is 35.9 Å². The molecule has 19 heavy (non-hydrogen) atoms. The number of nitrogens with zero attached hydrogens (tertiary/aromatic N) is 3. The number of carbonyl (C=O) groups is 1. The van der Waals surface area contributed by atoms with Crippen molar-refractivity contribution >= 4 is 17.3 Å². The molecule has 1 heterocycles. The molecule has 4 nitrogen and oxygen atoms in total. The van der Waals surface area contributed by atoms with Crippen LogP contribution in [0.4, 0.5) is 5.69 Å². The Bertz CT molecular complexity index is 585. The van der Waals surface area contributed by atoms with Gasteiger partial charge in [-0.2, -0.15) is 10.1 Å². The van der Waals surface area contributed by atoms with Crippen molar-refractivity contribution < 1.29 is 4.79 Å². The second-order valence-corrected chi connectivity index (χ2v) is 5.08. The maximum atomic E-state index is 12.4. The van der Waals surface area contributed by atoms with Gasteiger partial charge in [0.05, 0.1) is 17.0 Å². The molecule has 0 N–H and O–H groups in total. The van der Waals surface area contributed by atoms with Crippen LogP contribution in [0.2, 0.25) is 0 Å². The molecule has 0 spiro atoms. The first-order valence-electron chi connectivity index (χ1n) is 6.25.